The summed E-state index contributed by atoms with van der Waals surface area (Å²) in [5, 5.41) is 0. The third-order valence-corrected chi connectivity index (χ3v) is 2.90. The summed E-state index contributed by atoms with van der Waals surface area (Å²) < 4.78 is 49.9. The van der Waals surface area contributed by atoms with Gasteiger partial charge in [-0.3, -0.25) is 4.39 Å². The zero-order valence-corrected chi connectivity index (χ0v) is 10.3. The highest BCUT2D eigenvalue weighted by Gasteiger charge is 2.32. The van der Waals surface area contributed by atoms with E-state index in [4.69, 9.17) is 0 Å². The van der Waals surface area contributed by atoms with Gasteiger partial charge in [0.1, 0.15) is 0 Å². The van der Waals surface area contributed by atoms with Gasteiger partial charge in [-0.15, -0.1) is 0 Å². The number of hydrogen-bond donors (Lipinski definition) is 0. The second-order valence-corrected chi connectivity index (χ2v) is 4.36. The number of halogens is 4. The standard InChI is InChI=1S/C14H18F4/c15-11-7-3-1-2-4-8-12-9-5-6-10-13(12)14(16,17)18/h5-6,9-10H,1-4,7-8,11H2. The van der Waals surface area contributed by atoms with Gasteiger partial charge in [0.25, 0.3) is 0 Å². The molecule has 0 heterocycles. The lowest BCUT2D eigenvalue weighted by molar-refractivity contribution is -0.138. The Balaban J connectivity index is 2.43. The zero-order chi connectivity index (χ0) is 13.4. The first-order chi connectivity index (χ1) is 8.55. The Morgan fingerprint density at radius 1 is 0.833 bits per heavy atom. The molecule has 0 N–H and O–H groups in total. The normalized spacial score (nSPS) is 11.8. The maximum atomic E-state index is 12.7. The fourth-order valence-corrected chi connectivity index (χ4v) is 1.96. The molecule has 0 spiro atoms. The molecule has 1 aromatic rings. The van der Waals surface area contributed by atoms with Crippen LogP contribution in [0.15, 0.2) is 24.3 Å². The molecule has 0 unspecified atom stereocenters. The first-order valence-corrected chi connectivity index (χ1v) is 6.27. The lowest BCUT2D eigenvalue weighted by Gasteiger charge is -2.12. The van der Waals surface area contributed by atoms with Crippen molar-refractivity contribution >= 4 is 0 Å². The second-order valence-electron chi connectivity index (χ2n) is 4.36. The van der Waals surface area contributed by atoms with Crippen LogP contribution in [0.4, 0.5) is 17.6 Å². The molecule has 18 heavy (non-hydrogen) atoms. The molecular weight excluding hydrogens is 244 g/mol. The lowest BCUT2D eigenvalue weighted by atomic mass is 10.0. The molecule has 0 saturated heterocycles. The molecule has 0 radical (unpaired) electrons. The van der Waals surface area contributed by atoms with Gasteiger partial charge in [-0.25, -0.2) is 0 Å². The first-order valence-electron chi connectivity index (χ1n) is 6.27. The summed E-state index contributed by atoms with van der Waals surface area (Å²) >= 11 is 0. The van der Waals surface area contributed by atoms with Crippen molar-refractivity contribution in [2.24, 2.45) is 0 Å². The Morgan fingerprint density at radius 2 is 1.44 bits per heavy atom. The van der Waals surface area contributed by atoms with E-state index < -0.39 is 11.7 Å². The van der Waals surface area contributed by atoms with Crippen LogP contribution in [-0.2, 0) is 12.6 Å². The van der Waals surface area contributed by atoms with E-state index in [2.05, 4.69) is 0 Å². The fraction of sp³-hybridized carbons (Fsp3) is 0.571. The fourth-order valence-electron chi connectivity index (χ4n) is 1.96. The predicted octanol–water partition coefficient (Wildman–Crippen LogP) is 5.17. The number of benzene rings is 1. The van der Waals surface area contributed by atoms with Crippen molar-refractivity contribution in [1.29, 1.82) is 0 Å². The maximum absolute atomic E-state index is 12.7. The summed E-state index contributed by atoms with van der Waals surface area (Å²) in [6, 6.07) is 5.70. The summed E-state index contributed by atoms with van der Waals surface area (Å²) in [5.41, 5.74) is -0.177. The average Bonchev–Trinajstić information content (AvgIpc) is 2.33. The topological polar surface area (TPSA) is 0 Å². The van der Waals surface area contributed by atoms with Crippen LogP contribution in [0.1, 0.15) is 43.2 Å². The monoisotopic (exact) mass is 262 g/mol. The Morgan fingerprint density at radius 3 is 2.11 bits per heavy atom. The van der Waals surface area contributed by atoms with E-state index in [0.717, 1.165) is 31.7 Å². The Labute approximate surface area is 105 Å². The number of hydrogen-bond acceptors (Lipinski definition) is 0. The van der Waals surface area contributed by atoms with Crippen molar-refractivity contribution in [2.45, 2.75) is 44.7 Å². The van der Waals surface area contributed by atoms with Crippen molar-refractivity contribution < 1.29 is 17.6 Å². The summed E-state index contributed by atoms with van der Waals surface area (Å²) in [6.07, 6.45) is -0.00361. The maximum Gasteiger partial charge on any atom is 0.416 e. The molecule has 0 saturated carbocycles. The third-order valence-electron chi connectivity index (χ3n) is 2.90. The number of unbranched alkanes of at least 4 members (excludes halogenated alkanes) is 4. The Kier molecular flexibility index (Phi) is 6.16. The van der Waals surface area contributed by atoms with Gasteiger partial charge in [-0.1, -0.05) is 37.5 Å². The molecule has 0 amide bonds. The number of rotatable bonds is 7. The molecule has 0 fully saturated rings. The third kappa shape index (κ3) is 5.07. The molecule has 0 bridgehead atoms. The Hall–Kier alpha value is -1.06. The highest BCUT2D eigenvalue weighted by Crippen LogP contribution is 2.32. The molecular formula is C14H18F4. The smallest absolute Gasteiger partial charge is 0.251 e. The number of aryl methyl sites for hydroxylation is 1. The molecule has 1 rings (SSSR count). The van der Waals surface area contributed by atoms with Crippen LogP contribution in [0.5, 0.6) is 0 Å². The van der Waals surface area contributed by atoms with E-state index in [9.17, 15) is 17.6 Å². The Bertz CT molecular complexity index is 344. The van der Waals surface area contributed by atoms with E-state index in [1.165, 1.54) is 12.1 Å². The van der Waals surface area contributed by atoms with Crippen molar-refractivity contribution in [3.05, 3.63) is 35.4 Å². The summed E-state index contributed by atoms with van der Waals surface area (Å²) in [4.78, 5) is 0. The van der Waals surface area contributed by atoms with Gasteiger partial charge in [0.15, 0.2) is 0 Å². The minimum Gasteiger partial charge on any atom is -0.251 e. The second kappa shape index (κ2) is 7.39. The van der Waals surface area contributed by atoms with E-state index in [1.807, 2.05) is 0 Å². The van der Waals surface area contributed by atoms with Crippen LogP contribution in [0.3, 0.4) is 0 Å². The van der Waals surface area contributed by atoms with Crippen LogP contribution < -0.4 is 0 Å². The minimum atomic E-state index is -4.27. The van der Waals surface area contributed by atoms with Crippen molar-refractivity contribution in [3.63, 3.8) is 0 Å². The molecule has 4 heteroatoms. The molecule has 0 aromatic heterocycles. The highest BCUT2D eigenvalue weighted by molar-refractivity contribution is 5.29. The van der Waals surface area contributed by atoms with Gasteiger partial charge in [0.2, 0.25) is 0 Å². The van der Waals surface area contributed by atoms with Crippen LogP contribution in [0, 0.1) is 0 Å². The molecule has 0 aliphatic heterocycles. The van der Waals surface area contributed by atoms with Gasteiger partial charge in [0, 0.05) is 0 Å². The number of alkyl halides is 4. The van der Waals surface area contributed by atoms with E-state index in [0.29, 0.717) is 18.4 Å². The zero-order valence-electron chi connectivity index (χ0n) is 10.3. The highest BCUT2D eigenvalue weighted by atomic mass is 19.4. The summed E-state index contributed by atoms with van der Waals surface area (Å²) in [5.74, 6) is 0. The van der Waals surface area contributed by atoms with Crippen LogP contribution in [0.2, 0.25) is 0 Å². The molecule has 102 valence electrons. The molecule has 0 atom stereocenters. The van der Waals surface area contributed by atoms with Crippen LogP contribution >= 0.6 is 0 Å². The largest absolute Gasteiger partial charge is 0.416 e. The van der Waals surface area contributed by atoms with Crippen LogP contribution in [-0.4, -0.2) is 6.67 Å². The van der Waals surface area contributed by atoms with Gasteiger partial charge >= 0.3 is 6.18 Å². The van der Waals surface area contributed by atoms with E-state index in [-0.39, 0.29) is 6.67 Å². The molecule has 0 aliphatic rings. The average molecular weight is 262 g/mol. The SMILES string of the molecule is FCCCCCCCc1ccccc1C(F)(F)F. The quantitative estimate of drug-likeness (QED) is 0.470. The van der Waals surface area contributed by atoms with Gasteiger partial charge in [0.05, 0.1) is 12.2 Å². The van der Waals surface area contributed by atoms with Crippen molar-refractivity contribution in [1.82, 2.24) is 0 Å². The minimum absolute atomic E-state index is 0.309. The first kappa shape index (κ1) is 15.0. The summed E-state index contributed by atoms with van der Waals surface area (Å²) in [6.45, 7) is -0.309. The lowest BCUT2D eigenvalue weighted by Crippen LogP contribution is -2.08. The van der Waals surface area contributed by atoms with E-state index >= 15 is 0 Å². The van der Waals surface area contributed by atoms with Gasteiger partial charge in [-0.2, -0.15) is 13.2 Å². The van der Waals surface area contributed by atoms with E-state index in [1.54, 1.807) is 6.07 Å². The summed E-state index contributed by atoms with van der Waals surface area (Å²) in [7, 11) is 0. The molecule has 1 aromatic carbocycles. The van der Waals surface area contributed by atoms with Crippen molar-refractivity contribution in [2.75, 3.05) is 6.67 Å². The molecule has 0 nitrogen and oxygen atoms in total. The van der Waals surface area contributed by atoms with Crippen molar-refractivity contribution in [3.8, 4) is 0 Å². The van der Waals surface area contributed by atoms with Gasteiger partial charge < -0.3 is 0 Å². The predicted molar refractivity (Wildman–Crippen MR) is 64.2 cm³/mol. The van der Waals surface area contributed by atoms with Crippen LogP contribution in [0.25, 0.3) is 0 Å². The van der Waals surface area contributed by atoms with Gasteiger partial charge in [-0.05, 0) is 30.9 Å². The molecule has 0 aliphatic carbocycles.